The van der Waals surface area contributed by atoms with E-state index < -0.39 is 18.2 Å². The van der Waals surface area contributed by atoms with Gasteiger partial charge in [-0.15, -0.1) is 0 Å². The second kappa shape index (κ2) is 5.82. The van der Waals surface area contributed by atoms with Gasteiger partial charge in [-0.25, -0.2) is 9.18 Å². The van der Waals surface area contributed by atoms with Gasteiger partial charge >= 0.3 is 5.97 Å². The van der Waals surface area contributed by atoms with Gasteiger partial charge in [-0.2, -0.15) is 0 Å². The molecule has 3 nitrogen and oxygen atoms in total. The van der Waals surface area contributed by atoms with Gasteiger partial charge in [0.05, 0.1) is 6.61 Å². The maximum atomic E-state index is 13.4. The van der Waals surface area contributed by atoms with Crippen molar-refractivity contribution in [3.05, 3.63) is 34.9 Å². The molecule has 0 aromatic heterocycles. The topological polar surface area (TPSA) is 46.5 Å². The zero-order valence-corrected chi connectivity index (χ0v) is 9.45. The van der Waals surface area contributed by atoms with Crippen molar-refractivity contribution in [3.8, 4) is 0 Å². The molecule has 1 rings (SSSR count). The second-order valence-corrected chi connectivity index (χ2v) is 3.59. The highest BCUT2D eigenvalue weighted by atomic mass is 35.5. The number of alkyl halides is 1. The average molecular weight is 247 g/mol. The van der Waals surface area contributed by atoms with Crippen LogP contribution in [-0.2, 0) is 9.53 Å². The first-order valence-corrected chi connectivity index (χ1v) is 5.18. The molecule has 0 aliphatic rings. The smallest absolute Gasteiger partial charge is 0.343 e. The molecule has 2 unspecified atom stereocenters. The second-order valence-electron chi connectivity index (χ2n) is 3.15. The Kier molecular flexibility index (Phi) is 4.71. The van der Waals surface area contributed by atoms with E-state index in [0.717, 1.165) is 0 Å². The van der Waals surface area contributed by atoms with Crippen LogP contribution in [0.2, 0.25) is 5.02 Å². The fourth-order valence-electron chi connectivity index (χ4n) is 1.18. The third-order valence-electron chi connectivity index (χ3n) is 2.00. The summed E-state index contributed by atoms with van der Waals surface area (Å²) in [5.41, 5.74) is 0.282. The fourth-order valence-corrected chi connectivity index (χ4v) is 1.31. The number of aliphatic hydroxyl groups is 1. The number of hydrogen-bond acceptors (Lipinski definition) is 3. The maximum absolute atomic E-state index is 13.4. The molecule has 0 fully saturated rings. The van der Waals surface area contributed by atoms with E-state index in [4.69, 9.17) is 11.6 Å². The first-order chi connectivity index (χ1) is 7.56. The molecular formula is C11H12ClFO3. The largest absolute Gasteiger partial charge is 0.464 e. The summed E-state index contributed by atoms with van der Waals surface area (Å²) in [6, 6.07) is 5.94. The van der Waals surface area contributed by atoms with E-state index in [-0.39, 0.29) is 12.2 Å². The van der Waals surface area contributed by atoms with Crippen LogP contribution < -0.4 is 0 Å². The van der Waals surface area contributed by atoms with Gasteiger partial charge < -0.3 is 9.84 Å². The maximum Gasteiger partial charge on any atom is 0.343 e. The summed E-state index contributed by atoms with van der Waals surface area (Å²) in [6.07, 6.45) is -3.61. The van der Waals surface area contributed by atoms with Crippen molar-refractivity contribution < 1.29 is 19.0 Å². The quantitative estimate of drug-likeness (QED) is 0.829. The molecule has 0 aliphatic carbocycles. The Morgan fingerprint density at radius 2 is 2.06 bits per heavy atom. The highest BCUT2D eigenvalue weighted by Crippen LogP contribution is 2.22. The van der Waals surface area contributed by atoms with E-state index in [1.165, 1.54) is 24.3 Å². The molecule has 16 heavy (non-hydrogen) atoms. The minimum atomic E-state index is -2.08. The number of carbonyl (C=O) groups excluding carboxylic acids is 1. The lowest BCUT2D eigenvalue weighted by Gasteiger charge is -2.14. The predicted octanol–water partition coefficient (Wildman–Crippen LogP) is 2.27. The molecule has 0 amide bonds. The molecule has 1 aromatic rings. The SMILES string of the molecule is CCOC(=O)C(F)C(O)c1ccc(Cl)cc1. The summed E-state index contributed by atoms with van der Waals surface area (Å²) in [4.78, 5) is 11.0. The van der Waals surface area contributed by atoms with E-state index in [1.54, 1.807) is 6.92 Å². The van der Waals surface area contributed by atoms with Gasteiger partial charge in [0, 0.05) is 5.02 Å². The van der Waals surface area contributed by atoms with Crippen LogP contribution in [0.3, 0.4) is 0 Å². The number of carbonyl (C=O) groups is 1. The van der Waals surface area contributed by atoms with Crippen molar-refractivity contribution in [2.45, 2.75) is 19.2 Å². The lowest BCUT2D eigenvalue weighted by Crippen LogP contribution is -2.26. The summed E-state index contributed by atoms with van der Waals surface area (Å²) < 4.78 is 17.9. The van der Waals surface area contributed by atoms with Gasteiger partial charge in [-0.3, -0.25) is 0 Å². The number of hydrogen-bond donors (Lipinski definition) is 1. The van der Waals surface area contributed by atoms with Crippen LogP contribution in [0, 0.1) is 0 Å². The Morgan fingerprint density at radius 3 is 2.56 bits per heavy atom. The number of aliphatic hydroxyl groups excluding tert-OH is 1. The number of halogens is 2. The number of ether oxygens (including phenoxy) is 1. The number of esters is 1. The summed E-state index contributed by atoms with van der Waals surface area (Å²) in [6.45, 7) is 1.64. The fraction of sp³-hybridized carbons (Fsp3) is 0.364. The minimum absolute atomic E-state index is 0.0760. The van der Waals surface area contributed by atoms with Crippen molar-refractivity contribution in [2.24, 2.45) is 0 Å². The molecule has 0 spiro atoms. The van der Waals surface area contributed by atoms with E-state index in [9.17, 15) is 14.3 Å². The van der Waals surface area contributed by atoms with Crippen molar-refractivity contribution >= 4 is 17.6 Å². The molecule has 0 heterocycles. The molecule has 0 radical (unpaired) electrons. The van der Waals surface area contributed by atoms with Gasteiger partial charge in [-0.1, -0.05) is 23.7 Å². The first-order valence-electron chi connectivity index (χ1n) is 4.80. The summed E-state index contributed by atoms with van der Waals surface area (Å²) >= 11 is 5.64. The molecule has 0 saturated carbocycles. The monoisotopic (exact) mass is 246 g/mol. The molecule has 0 saturated heterocycles. The normalized spacial score (nSPS) is 14.2. The van der Waals surface area contributed by atoms with Crippen LogP contribution in [0.4, 0.5) is 4.39 Å². The van der Waals surface area contributed by atoms with Crippen molar-refractivity contribution in [2.75, 3.05) is 6.61 Å². The molecule has 0 bridgehead atoms. The van der Waals surface area contributed by atoms with Gasteiger partial charge in [0.2, 0.25) is 6.17 Å². The van der Waals surface area contributed by atoms with Crippen LogP contribution in [0.5, 0.6) is 0 Å². The third kappa shape index (κ3) is 3.18. The van der Waals surface area contributed by atoms with Crippen LogP contribution in [0.15, 0.2) is 24.3 Å². The lowest BCUT2D eigenvalue weighted by atomic mass is 10.1. The van der Waals surface area contributed by atoms with Crippen molar-refractivity contribution in [1.82, 2.24) is 0 Å². The summed E-state index contributed by atoms with van der Waals surface area (Å²) in [5.74, 6) is -1.06. The summed E-state index contributed by atoms with van der Waals surface area (Å²) in [7, 11) is 0. The van der Waals surface area contributed by atoms with Crippen molar-refractivity contribution in [1.29, 1.82) is 0 Å². The predicted molar refractivity (Wildman–Crippen MR) is 57.9 cm³/mol. The molecular weight excluding hydrogens is 235 g/mol. The first kappa shape index (κ1) is 12.9. The van der Waals surface area contributed by atoms with E-state index in [0.29, 0.717) is 5.02 Å². The molecule has 1 aromatic carbocycles. The minimum Gasteiger partial charge on any atom is -0.464 e. The Morgan fingerprint density at radius 1 is 1.50 bits per heavy atom. The van der Waals surface area contributed by atoms with Crippen molar-refractivity contribution in [3.63, 3.8) is 0 Å². The van der Waals surface area contributed by atoms with E-state index >= 15 is 0 Å². The standard InChI is InChI=1S/C11H12ClFO3/c1-2-16-11(15)9(13)10(14)7-3-5-8(12)6-4-7/h3-6,9-10,14H,2H2,1H3. The average Bonchev–Trinajstić information content (AvgIpc) is 2.28. The zero-order chi connectivity index (χ0) is 12.1. The van der Waals surface area contributed by atoms with Crippen LogP contribution in [-0.4, -0.2) is 23.9 Å². The zero-order valence-electron chi connectivity index (χ0n) is 8.69. The van der Waals surface area contributed by atoms with Gasteiger partial charge in [0.15, 0.2) is 0 Å². The molecule has 1 N–H and O–H groups in total. The molecule has 5 heteroatoms. The molecule has 0 aliphatic heterocycles. The Hall–Kier alpha value is -1.13. The number of rotatable bonds is 4. The highest BCUT2D eigenvalue weighted by molar-refractivity contribution is 6.30. The Bertz CT molecular complexity index is 353. The molecule has 88 valence electrons. The van der Waals surface area contributed by atoms with Crippen LogP contribution in [0.25, 0.3) is 0 Å². The molecule has 2 atom stereocenters. The highest BCUT2D eigenvalue weighted by Gasteiger charge is 2.28. The summed E-state index contributed by atoms with van der Waals surface area (Å²) in [5, 5.41) is 10.0. The van der Waals surface area contributed by atoms with Gasteiger partial charge in [0.1, 0.15) is 6.10 Å². The van der Waals surface area contributed by atoms with E-state index in [2.05, 4.69) is 4.74 Å². The van der Waals surface area contributed by atoms with Gasteiger partial charge in [0.25, 0.3) is 0 Å². The van der Waals surface area contributed by atoms with E-state index in [1.807, 2.05) is 0 Å². The van der Waals surface area contributed by atoms with Crippen LogP contribution >= 0.6 is 11.6 Å². The van der Waals surface area contributed by atoms with Crippen LogP contribution in [0.1, 0.15) is 18.6 Å². The third-order valence-corrected chi connectivity index (χ3v) is 2.25. The number of benzene rings is 1. The Balaban J connectivity index is 2.73. The lowest BCUT2D eigenvalue weighted by molar-refractivity contribution is -0.153. The van der Waals surface area contributed by atoms with Gasteiger partial charge in [-0.05, 0) is 24.6 Å². The Labute approximate surface area is 97.8 Å².